The molecule has 3 aromatic rings. The van der Waals surface area contributed by atoms with Gasteiger partial charge in [0.05, 0.1) is 6.67 Å². The molecule has 2 nitrogen and oxygen atoms in total. The smallest absolute Gasteiger partial charge is 0.119 e. The monoisotopic (exact) mass is 443 g/mol. The molecule has 0 saturated carbocycles. The van der Waals surface area contributed by atoms with Crippen molar-refractivity contribution in [2.24, 2.45) is 5.92 Å². The van der Waals surface area contributed by atoms with Crippen LogP contribution in [0.15, 0.2) is 84.9 Å². The van der Waals surface area contributed by atoms with E-state index in [2.05, 4.69) is 104 Å². The first-order valence-corrected chi connectivity index (χ1v) is 12.1. The number of likely N-dealkylation sites (tertiary alicyclic amines) is 1. The third-order valence-electron chi connectivity index (χ3n) is 6.63. The van der Waals surface area contributed by atoms with Crippen molar-refractivity contribution >= 4 is 11.1 Å². The number of hydrogen-bond acceptors (Lipinski definition) is 2. The first kappa shape index (κ1) is 23.3. The Morgan fingerprint density at radius 2 is 1.52 bits per heavy atom. The highest BCUT2D eigenvalue weighted by Crippen LogP contribution is 2.35. The summed E-state index contributed by atoms with van der Waals surface area (Å²) >= 11 is 0. The Balaban J connectivity index is 1.55. The molecule has 1 heterocycles. The van der Waals surface area contributed by atoms with Crippen LogP contribution in [0.3, 0.4) is 0 Å². The van der Waals surface area contributed by atoms with Gasteiger partial charge in [0.1, 0.15) is 12.4 Å². The Bertz CT molecular complexity index is 1030. The molecule has 4 rings (SSSR count). The first-order chi connectivity index (χ1) is 16.2. The van der Waals surface area contributed by atoms with E-state index in [1.807, 2.05) is 0 Å². The third kappa shape index (κ3) is 5.72. The van der Waals surface area contributed by atoms with Gasteiger partial charge in [-0.15, -0.1) is 0 Å². The van der Waals surface area contributed by atoms with Gasteiger partial charge in [0, 0.05) is 18.5 Å². The number of allylic oxidation sites excluding steroid dienone is 1. The van der Waals surface area contributed by atoms with Crippen LogP contribution in [0.5, 0.6) is 5.75 Å². The van der Waals surface area contributed by atoms with Crippen molar-refractivity contribution < 1.29 is 9.13 Å². The number of halogens is 1. The number of alkyl halides is 1. The zero-order chi connectivity index (χ0) is 23.0. The van der Waals surface area contributed by atoms with Gasteiger partial charge in [-0.2, -0.15) is 0 Å². The molecule has 0 bridgehead atoms. The maximum absolute atomic E-state index is 12.9. The minimum atomic E-state index is -0.217. The Morgan fingerprint density at radius 1 is 0.909 bits per heavy atom. The Morgan fingerprint density at radius 3 is 2.09 bits per heavy atom. The van der Waals surface area contributed by atoms with Crippen molar-refractivity contribution in [3.63, 3.8) is 0 Å². The van der Waals surface area contributed by atoms with E-state index in [9.17, 15) is 4.39 Å². The van der Waals surface area contributed by atoms with E-state index in [1.54, 1.807) is 0 Å². The average molecular weight is 444 g/mol. The molecule has 1 fully saturated rings. The van der Waals surface area contributed by atoms with Crippen molar-refractivity contribution in [1.29, 1.82) is 0 Å². The van der Waals surface area contributed by atoms with Gasteiger partial charge in [-0.05, 0) is 66.3 Å². The normalized spacial score (nSPS) is 18.1. The van der Waals surface area contributed by atoms with Gasteiger partial charge in [-0.1, -0.05) is 79.7 Å². The minimum absolute atomic E-state index is 0.187. The van der Waals surface area contributed by atoms with Crippen LogP contribution >= 0.6 is 0 Å². The maximum atomic E-state index is 12.9. The number of rotatable bonds is 9. The van der Waals surface area contributed by atoms with Crippen molar-refractivity contribution in [3.05, 3.63) is 102 Å². The molecule has 1 aliphatic heterocycles. The number of hydrogen-bond donors (Lipinski definition) is 0. The van der Waals surface area contributed by atoms with Crippen molar-refractivity contribution in [3.8, 4) is 5.75 Å². The Hall–Kier alpha value is -2.91. The molecule has 172 valence electrons. The van der Waals surface area contributed by atoms with Crippen LogP contribution in [0, 0.1) is 5.92 Å². The fraction of sp³-hybridized carbons (Fsp3) is 0.333. The molecule has 0 aromatic heterocycles. The summed E-state index contributed by atoms with van der Waals surface area (Å²) in [4.78, 5) is 2.34. The van der Waals surface area contributed by atoms with Crippen LogP contribution in [-0.2, 0) is 0 Å². The zero-order valence-corrected chi connectivity index (χ0v) is 19.7. The summed E-state index contributed by atoms with van der Waals surface area (Å²) < 4.78 is 19.1. The molecular formula is C30H34FNO. The predicted molar refractivity (Wildman–Crippen MR) is 136 cm³/mol. The van der Waals surface area contributed by atoms with Crippen LogP contribution in [0.25, 0.3) is 11.1 Å². The van der Waals surface area contributed by atoms with E-state index in [4.69, 9.17) is 4.74 Å². The molecule has 0 aliphatic carbocycles. The van der Waals surface area contributed by atoms with Gasteiger partial charge in [-0.25, -0.2) is 0 Å². The molecule has 3 aromatic carbocycles. The summed E-state index contributed by atoms with van der Waals surface area (Å²) in [6, 6.07) is 30.0. The van der Waals surface area contributed by atoms with Crippen molar-refractivity contribution in [2.45, 2.75) is 32.7 Å². The van der Waals surface area contributed by atoms with Crippen molar-refractivity contribution in [1.82, 2.24) is 4.90 Å². The van der Waals surface area contributed by atoms with E-state index in [0.717, 1.165) is 31.7 Å². The molecular weight excluding hydrogens is 409 g/mol. The van der Waals surface area contributed by atoms with Gasteiger partial charge in [0.15, 0.2) is 0 Å². The van der Waals surface area contributed by atoms with E-state index < -0.39 is 0 Å². The summed E-state index contributed by atoms with van der Waals surface area (Å²) in [5.74, 6) is 1.06. The van der Waals surface area contributed by atoms with Crippen LogP contribution in [0.4, 0.5) is 4.39 Å². The van der Waals surface area contributed by atoms with Gasteiger partial charge in [0.2, 0.25) is 0 Å². The second-order valence-corrected chi connectivity index (χ2v) is 8.93. The van der Waals surface area contributed by atoms with E-state index in [0.29, 0.717) is 6.61 Å². The number of nitrogens with zero attached hydrogens (tertiary/aromatic N) is 1. The van der Waals surface area contributed by atoms with Crippen LogP contribution < -0.4 is 4.74 Å². The summed E-state index contributed by atoms with van der Waals surface area (Å²) in [7, 11) is 0. The molecule has 3 heteroatoms. The molecule has 0 radical (unpaired) electrons. The average Bonchev–Trinajstić information content (AvgIpc) is 3.37. The lowest BCUT2D eigenvalue weighted by atomic mass is 9.88. The highest BCUT2D eigenvalue weighted by Gasteiger charge is 2.26. The van der Waals surface area contributed by atoms with E-state index in [-0.39, 0.29) is 18.6 Å². The summed E-state index contributed by atoms with van der Waals surface area (Å²) in [5, 5.41) is 0. The predicted octanol–water partition coefficient (Wildman–Crippen LogP) is 7.11. The maximum Gasteiger partial charge on any atom is 0.119 e. The topological polar surface area (TPSA) is 12.5 Å². The molecule has 1 aliphatic rings. The van der Waals surface area contributed by atoms with Gasteiger partial charge < -0.3 is 4.74 Å². The summed E-state index contributed by atoms with van der Waals surface area (Å²) in [5.41, 5.74) is 6.26. The molecule has 2 atom stereocenters. The highest BCUT2D eigenvalue weighted by atomic mass is 19.1. The zero-order valence-electron chi connectivity index (χ0n) is 19.7. The van der Waals surface area contributed by atoms with Crippen molar-refractivity contribution in [2.75, 3.05) is 26.4 Å². The second kappa shape index (κ2) is 11.3. The lowest BCUT2D eigenvalue weighted by Gasteiger charge is -2.24. The first-order valence-electron chi connectivity index (χ1n) is 12.1. The summed E-state index contributed by atoms with van der Waals surface area (Å²) in [6.07, 6.45) is 1.89. The Labute approximate surface area is 197 Å². The molecule has 0 amide bonds. The minimum Gasteiger partial charge on any atom is -0.492 e. The standard InChI is InChI=1S/C30H34FNO/c1-3-29(25-10-6-4-7-11-25)30(26-12-8-5-9-13-26)27-14-16-28(17-15-27)33-22-23(2)32-19-18-24(20-31)21-32/h4-17,23-24H,3,18-22H2,1-2H3/b30-29-. The fourth-order valence-corrected chi connectivity index (χ4v) is 4.71. The third-order valence-corrected chi connectivity index (χ3v) is 6.63. The quantitative estimate of drug-likeness (QED) is 0.327. The van der Waals surface area contributed by atoms with Gasteiger partial charge in [0.25, 0.3) is 0 Å². The molecule has 0 spiro atoms. The molecule has 1 saturated heterocycles. The lowest BCUT2D eigenvalue weighted by molar-refractivity contribution is 0.166. The van der Waals surface area contributed by atoms with Gasteiger partial charge in [-0.3, -0.25) is 9.29 Å². The fourth-order valence-electron chi connectivity index (χ4n) is 4.71. The summed E-state index contributed by atoms with van der Waals surface area (Å²) in [6.45, 7) is 6.58. The van der Waals surface area contributed by atoms with Gasteiger partial charge >= 0.3 is 0 Å². The van der Waals surface area contributed by atoms with E-state index >= 15 is 0 Å². The molecule has 33 heavy (non-hydrogen) atoms. The highest BCUT2D eigenvalue weighted by molar-refractivity contribution is 5.98. The van der Waals surface area contributed by atoms with Crippen LogP contribution in [0.2, 0.25) is 0 Å². The molecule has 0 N–H and O–H groups in total. The molecule has 2 unspecified atom stereocenters. The second-order valence-electron chi connectivity index (χ2n) is 8.93. The Kier molecular flexibility index (Phi) is 7.96. The SMILES string of the molecule is CC/C(=C(\c1ccccc1)c1ccc(OCC(C)N2CCC(CF)C2)cc1)c1ccccc1. The van der Waals surface area contributed by atoms with Crippen LogP contribution in [-0.4, -0.2) is 37.3 Å². The lowest BCUT2D eigenvalue weighted by Crippen LogP contribution is -2.35. The number of ether oxygens (including phenoxy) is 1. The van der Waals surface area contributed by atoms with Crippen LogP contribution in [0.1, 0.15) is 43.4 Å². The largest absolute Gasteiger partial charge is 0.492 e. The number of benzene rings is 3. The van der Waals surface area contributed by atoms with E-state index in [1.165, 1.54) is 27.8 Å².